The number of hydrogen-bond donors (Lipinski definition) is 3. The Morgan fingerprint density at radius 2 is 1.78 bits per heavy atom. The molecule has 3 N–H and O–H groups in total. The number of nitrogens with zero attached hydrogens (tertiary/aromatic N) is 1. The van der Waals surface area contributed by atoms with Crippen LogP contribution in [-0.2, 0) is 4.79 Å². The lowest BCUT2D eigenvalue weighted by atomic mass is 10.2. The average Bonchev–Trinajstić information content (AvgIpc) is 2.36. The molecule has 1 rings (SSSR count). The molecule has 0 heterocycles. The predicted molar refractivity (Wildman–Crippen MR) is 71.9 cm³/mol. The molecule has 6 heteroatoms. The number of likely N-dealkylation sites (N-methyl/N-ethyl adjacent to an activating group) is 1. The normalized spacial score (nSPS) is 9.50. The van der Waals surface area contributed by atoms with E-state index in [1.54, 1.807) is 12.1 Å². The zero-order valence-electron chi connectivity index (χ0n) is 10.8. The first kappa shape index (κ1) is 13.8. The number of carbonyl (C=O) groups excluding carboxylic acids is 2. The topological polar surface area (TPSA) is 73.5 Å². The molecule has 0 aliphatic rings. The SMILES string of the molecule is CNC(=O)CNC(=O)Nc1ccc(N(C)C)cc1. The van der Waals surface area contributed by atoms with Crippen LogP contribution in [0.1, 0.15) is 0 Å². The minimum absolute atomic E-state index is 0.0435. The summed E-state index contributed by atoms with van der Waals surface area (Å²) in [6.45, 7) is -0.0435. The molecule has 0 aromatic heterocycles. The van der Waals surface area contributed by atoms with Crippen LogP contribution in [0, 0.1) is 0 Å². The van der Waals surface area contributed by atoms with Gasteiger partial charge in [-0.25, -0.2) is 4.79 Å². The van der Waals surface area contributed by atoms with Crippen LogP contribution in [0.15, 0.2) is 24.3 Å². The van der Waals surface area contributed by atoms with Crippen molar-refractivity contribution >= 4 is 23.3 Å². The Kier molecular flexibility index (Phi) is 4.98. The molecule has 98 valence electrons. The Bertz CT molecular complexity index is 415. The minimum Gasteiger partial charge on any atom is -0.378 e. The van der Waals surface area contributed by atoms with Gasteiger partial charge in [0.15, 0.2) is 0 Å². The highest BCUT2D eigenvalue weighted by molar-refractivity contribution is 5.92. The van der Waals surface area contributed by atoms with Crippen LogP contribution >= 0.6 is 0 Å². The summed E-state index contributed by atoms with van der Waals surface area (Å²) in [5, 5.41) is 7.50. The quantitative estimate of drug-likeness (QED) is 0.733. The summed E-state index contributed by atoms with van der Waals surface area (Å²) in [6.07, 6.45) is 0. The highest BCUT2D eigenvalue weighted by atomic mass is 16.2. The monoisotopic (exact) mass is 250 g/mol. The van der Waals surface area contributed by atoms with Gasteiger partial charge in [0.2, 0.25) is 5.91 Å². The molecule has 0 aliphatic carbocycles. The fourth-order valence-corrected chi connectivity index (χ4v) is 1.27. The van der Waals surface area contributed by atoms with E-state index in [4.69, 9.17) is 0 Å². The number of carbonyl (C=O) groups is 2. The fraction of sp³-hybridized carbons (Fsp3) is 0.333. The largest absolute Gasteiger partial charge is 0.378 e. The Balaban J connectivity index is 2.47. The van der Waals surface area contributed by atoms with Gasteiger partial charge in [-0.3, -0.25) is 4.79 Å². The molecule has 0 unspecified atom stereocenters. The van der Waals surface area contributed by atoms with Crippen LogP contribution in [0.5, 0.6) is 0 Å². The lowest BCUT2D eigenvalue weighted by Crippen LogP contribution is -2.37. The van der Waals surface area contributed by atoms with Crippen molar-refractivity contribution < 1.29 is 9.59 Å². The van der Waals surface area contributed by atoms with Crippen molar-refractivity contribution in [2.75, 3.05) is 37.9 Å². The zero-order valence-corrected chi connectivity index (χ0v) is 10.8. The Morgan fingerprint density at radius 3 is 2.28 bits per heavy atom. The Labute approximate surface area is 106 Å². The minimum atomic E-state index is -0.406. The van der Waals surface area contributed by atoms with E-state index < -0.39 is 6.03 Å². The lowest BCUT2D eigenvalue weighted by molar-refractivity contribution is -0.119. The molecule has 0 atom stereocenters. The third kappa shape index (κ3) is 4.32. The summed E-state index contributed by atoms with van der Waals surface area (Å²) in [5.41, 5.74) is 1.72. The molecule has 0 aliphatic heterocycles. The number of hydrogen-bond acceptors (Lipinski definition) is 3. The summed E-state index contributed by atoms with van der Waals surface area (Å²) in [6, 6.07) is 6.99. The van der Waals surface area contributed by atoms with Crippen LogP contribution in [0.25, 0.3) is 0 Å². The molecule has 3 amide bonds. The van der Waals surface area contributed by atoms with E-state index in [1.807, 2.05) is 31.1 Å². The third-order valence-corrected chi connectivity index (χ3v) is 2.33. The zero-order chi connectivity index (χ0) is 13.5. The molecule has 0 bridgehead atoms. The van der Waals surface area contributed by atoms with Crippen LogP contribution in [-0.4, -0.2) is 39.6 Å². The van der Waals surface area contributed by atoms with Crippen molar-refractivity contribution in [1.29, 1.82) is 0 Å². The van der Waals surface area contributed by atoms with E-state index in [1.165, 1.54) is 7.05 Å². The molecule has 0 spiro atoms. The summed E-state index contributed by atoms with van der Waals surface area (Å²) in [5.74, 6) is -0.242. The second-order valence-corrected chi connectivity index (χ2v) is 3.92. The first-order chi connectivity index (χ1) is 8.52. The predicted octanol–water partition coefficient (Wildman–Crippen LogP) is 0.620. The molecular formula is C12H18N4O2. The number of benzene rings is 1. The van der Waals surface area contributed by atoms with Crippen molar-refractivity contribution in [3.63, 3.8) is 0 Å². The van der Waals surface area contributed by atoms with Gasteiger partial charge in [0, 0.05) is 32.5 Å². The van der Waals surface area contributed by atoms with Gasteiger partial charge in [0.05, 0.1) is 6.54 Å². The molecule has 1 aromatic rings. The second-order valence-electron chi connectivity index (χ2n) is 3.92. The highest BCUT2D eigenvalue weighted by Gasteiger charge is 2.04. The molecule has 18 heavy (non-hydrogen) atoms. The van der Waals surface area contributed by atoms with Crippen molar-refractivity contribution in [3.05, 3.63) is 24.3 Å². The Hall–Kier alpha value is -2.24. The summed E-state index contributed by atoms with van der Waals surface area (Å²) >= 11 is 0. The van der Waals surface area contributed by atoms with E-state index >= 15 is 0 Å². The highest BCUT2D eigenvalue weighted by Crippen LogP contribution is 2.15. The average molecular weight is 250 g/mol. The van der Waals surface area contributed by atoms with Gasteiger partial charge in [0.1, 0.15) is 0 Å². The molecule has 0 radical (unpaired) electrons. The van der Waals surface area contributed by atoms with E-state index in [0.29, 0.717) is 5.69 Å². The van der Waals surface area contributed by atoms with E-state index in [2.05, 4.69) is 16.0 Å². The number of anilines is 2. The number of amides is 3. The first-order valence-electron chi connectivity index (χ1n) is 5.55. The molecule has 0 saturated heterocycles. The van der Waals surface area contributed by atoms with E-state index in [9.17, 15) is 9.59 Å². The third-order valence-electron chi connectivity index (χ3n) is 2.33. The van der Waals surface area contributed by atoms with E-state index in [0.717, 1.165) is 5.69 Å². The number of urea groups is 1. The maximum absolute atomic E-state index is 11.4. The van der Waals surface area contributed by atoms with Gasteiger partial charge in [-0.2, -0.15) is 0 Å². The first-order valence-corrected chi connectivity index (χ1v) is 5.55. The van der Waals surface area contributed by atoms with Gasteiger partial charge in [-0.1, -0.05) is 0 Å². The van der Waals surface area contributed by atoms with Crippen LogP contribution < -0.4 is 20.9 Å². The van der Waals surface area contributed by atoms with Crippen molar-refractivity contribution in [3.8, 4) is 0 Å². The molecule has 1 aromatic carbocycles. The van der Waals surface area contributed by atoms with Crippen LogP contribution in [0.4, 0.5) is 16.2 Å². The van der Waals surface area contributed by atoms with Crippen LogP contribution in [0.2, 0.25) is 0 Å². The van der Waals surface area contributed by atoms with Gasteiger partial charge in [0.25, 0.3) is 0 Å². The number of nitrogens with one attached hydrogen (secondary N) is 3. The maximum atomic E-state index is 11.4. The van der Waals surface area contributed by atoms with E-state index in [-0.39, 0.29) is 12.5 Å². The van der Waals surface area contributed by atoms with Gasteiger partial charge in [-0.15, -0.1) is 0 Å². The molecule has 6 nitrogen and oxygen atoms in total. The smallest absolute Gasteiger partial charge is 0.319 e. The fourth-order valence-electron chi connectivity index (χ4n) is 1.27. The van der Waals surface area contributed by atoms with Crippen molar-refractivity contribution in [1.82, 2.24) is 10.6 Å². The Morgan fingerprint density at radius 1 is 1.17 bits per heavy atom. The lowest BCUT2D eigenvalue weighted by Gasteiger charge is -2.13. The number of rotatable bonds is 4. The summed E-state index contributed by atoms with van der Waals surface area (Å²) in [7, 11) is 5.40. The van der Waals surface area contributed by atoms with Crippen molar-refractivity contribution in [2.45, 2.75) is 0 Å². The molecule has 0 saturated carbocycles. The maximum Gasteiger partial charge on any atom is 0.319 e. The van der Waals surface area contributed by atoms with Gasteiger partial charge < -0.3 is 20.9 Å². The van der Waals surface area contributed by atoms with Gasteiger partial charge in [-0.05, 0) is 24.3 Å². The standard InChI is InChI=1S/C12H18N4O2/c1-13-11(17)8-14-12(18)15-9-4-6-10(7-5-9)16(2)3/h4-7H,8H2,1-3H3,(H,13,17)(H2,14,15,18). The second kappa shape index (κ2) is 6.48. The summed E-state index contributed by atoms with van der Waals surface area (Å²) in [4.78, 5) is 24.3. The van der Waals surface area contributed by atoms with Gasteiger partial charge >= 0.3 is 6.03 Å². The van der Waals surface area contributed by atoms with Crippen molar-refractivity contribution in [2.24, 2.45) is 0 Å². The molecular weight excluding hydrogens is 232 g/mol. The van der Waals surface area contributed by atoms with Crippen LogP contribution in [0.3, 0.4) is 0 Å². The summed E-state index contributed by atoms with van der Waals surface area (Å²) < 4.78 is 0. The molecule has 0 fully saturated rings.